The molecule has 2 rings (SSSR count). The monoisotopic (exact) mass is 203 g/mol. The zero-order chi connectivity index (χ0) is 9.31. The molecule has 2 aliphatic rings. The van der Waals surface area contributed by atoms with E-state index in [0.717, 1.165) is 32.2 Å². The predicted molar refractivity (Wildman–Crippen MR) is 51.0 cm³/mol. The minimum atomic E-state index is 0.0963. The van der Waals surface area contributed by atoms with Crippen LogP contribution < -0.4 is 5.32 Å². The number of carbonyl (C=O) groups is 1. The summed E-state index contributed by atoms with van der Waals surface area (Å²) in [5.74, 6) is 0.143. The van der Waals surface area contributed by atoms with E-state index < -0.39 is 0 Å². The van der Waals surface area contributed by atoms with Crippen molar-refractivity contribution in [2.24, 2.45) is 5.41 Å². The average Bonchev–Trinajstić information content (AvgIpc) is 2.47. The lowest BCUT2D eigenvalue weighted by Gasteiger charge is -2.34. The van der Waals surface area contributed by atoms with Gasteiger partial charge in [-0.15, -0.1) is 0 Å². The molecule has 0 radical (unpaired) electrons. The molecule has 13 heavy (non-hydrogen) atoms. The van der Waals surface area contributed by atoms with Crippen LogP contribution in [0.2, 0.25) is 0 Å². The molecule has 74 valence electrons. The molecule has 2 fully saturated rings. The van der Waals surface area contributed by atoms with Gasteiger partial charge in [0.1, 0.15) is 0 Å². The van der Waals surface area contributed by atoms with Crippen molar-refractivity contribution in [2.75, 3.05) is 6.54 Å². The van der Waals surface area contributed by atoms with E-state index in [4.69, 9.17) is 0 Å². The fraction of sp³-hybridized carbons (Fsp3) is 0.889. The molecule has 4 heteroatoms. The summed E-state index contributed by atoms with van der Waals surface area (Å²) in [6.45, 7) is 0.767. The fourth-order valence-corrected chi connectivity index (χ4v) is 3.21. The third-order valence-electron chi connectivity index (χ3n) is 3.22. The van der Waals surface area contributed by atoms with Gasteiger partial charge in [-0.25, -0.2) is 0 Å². The second-order valence-corrected chi connectivity index (χ2v) is 5.11. The molecule has 0 aromatic carbocycles. The Morgan fingerprint density at radius 2 is 2.46 bits per heavy atom. The molecule has 1 aliphatic heterocycles. The van der Waals surface area contributed by atoms with Crippen LogP contribution in [0.3, 0.4) is 0 Å². The third kappa shape index (κ3) is 1.82. The maximum Gasteiger partial charge on any atom is 0.220 e. The highest BCUT2D eigenvalue weighted by atomic mass is 32.2. The first-order valence-electron chi connectivity index (χ1n) is 4.78. The van der Waals surface area contributed by atoms with Crippen LogP contribution in [0.25, 0.3) is 0 Å². The summed E-state index contributed by atoms with van der Waals surface area (Å²) in [6.07, 6.45) is 4.60. The minimum Gasteiger partial charge on any atom is -0.356 e. The largest absolute Gasteiger partial charge is 0.356 e. The summed E-state index contributed by atoms with van der Waals surface area (Å²) in [6, 6.07) is 0. The third-order valence-corrected chi connectivity index (χ3v) is 3.87. The van der Waals surface area contributed by atoms with E-state index in [0.29, 0.717) is 18.6 Å². The Labute approximate surface area is 81.9 Å². The van der Waals surface area contributed by atoms with E-state index in [1.165, 1.54) is 0 Å². The predicted octanol–water partition coefficient (Wildman–Crippen LogP) is 2.05. The second kappa shape index (κ2) is 3.48. The highest BCUT2D eigenvalue weighted by Crippen LogP contribution is 2.45. The van der Waals surface area contributed by atoms with Crippen LogP contribution in [0.1, 0.15) is 32.1 Å². The molecule has 1 amide bonds. The highest BCUT2D eigenvalue weighted by molar-refractivity contribution is 7.94. The van der Waals surface area contributed by atoms with Crippen molar-refractivity contribution in [1.82, 2.24) is 5.32 Å². The van der Waals surface area contributed by atoms with Gasteiger partial charge in [-0.1, -0.05) is 6.42 Å². The van der Waals surface area contributed by atoms with Gasteiger partial charge in [0, 0.05) is 30.4 Å². The average molecular weight is 203 g/mol. The van der Waals surface area contributed by atoms with Crippen LogP contribution in [0.5, 0.6) is 0 Å². The van der Waals surface area contributed by atoms with Gasteiger partial charge in [0.2, 0.25) is 5.91 Å². The van der Waals surface area contributed by atoms with Crippen molar-refractivity contribution in [2.45, 2.75) is 37.4 Å². The Kier molecular flexibility index (Phi) is 2.49. The van der Waals surface area contributed by atoms with Crippen molar-refractivity contribution < 1.29 is 8.68 Å². The van der Waals surface area contributed by atoms with E-state index >= 15 is 0 Å². The summed E-state index contributed by atoms with van der Waals surface area (Å²) in [7, 11) is 0. The Hall–Kier alpha value is -0.250. The van der Waals surface area contributed by atoms with Crippen LogP contribution >= 0.6 is 12.1 Å². The molecule has 1 saturated heterocycles. The Morgan fingerprint density at radius 3 is 3.08 bits per heavy atom. The number of hydrogen-bond acceptors (Lipinski definition) is 2. The van der Waals surface area contributed by atoms with Gasteiger partial charge in [-0.3, -0.25) is 4.79 Å². The standard InChI is InChI=1S/C9H14FNOS/c10-13-7-2-1-3-9(4-7)5-8(12)11-6-9/h7H,1-6H2,(H,11,12). The first kappa shape index (κ1) is 9.31. The molecule has 1 N–H and O–H groups in total. The number of amides is 1. The molecule has 2 atom stereocenters. The van der Waals surface area contributed by atoms with Crippen molar-refractivity contribution >= 4 is 18.1 Å². The van der Waals surface area contributed by atoms with E-state index in [1.807, 2.05) is 0 Å². The van der Waals surface area contributed by atoms with Crippen LogP contribution in [-0.2, 0) is 4.79 Å². The zero-order valence-corrected chi connectivity index (χ0v) is 8.33. The summed E-state index contributed by atoms with van der Waals surface area (Å²) < 4.78 is 12.4. The molecule has 1 aliphatic carbocycles. The zero-order valence-electron chi connectivity index (χ0n) is 7.51. The normalized spacial score (nSPS) is 39.5. The Bertz CT molecular complexity index is 224. The van der Waals surface area contributed by atoms with Crippen molar-refractivity contribution in [3.63, 3.8) is 0 Å². The van der Waals surface area contributed by atoms with Crippen molar-refractivity contribution in [3.05, 3.63) is 0 Å². The lowest BCUT2D eigenvalue weighted by Crippen LogP contribution is -2.31. The summed E-state index contributed by atoms with van der Waals surface area (Å²) >= 11 is 0.469. The fourth-order valence-electron chi connectivity index (χ4n) is 2.54. The van der Waals surface area contributed by atoms with Gasteiger partial charge in [0.15, 0.2) is 0 Å². The Morgan fingerprint density at radius 1 is 1.62 bits per heavy atom. The van der Waals surface area contributed by atoms with Crippen LogP contribution in [-0.4, -0.2) is 17.7 Å². The Balaban J connectivity index is 2.02. The second-order valence-electron chi connectivity index (χ2n) is 4.26. The first-order valence-corrected chi connectivity index (χ1v) is 5.56. The molecule has 1 spiro atoms. The number of rotatable bonds is 1. The number of hydrogen-bond donors (Lipinski definition) is 1. The minimum absolute atomic E-state index is 0.0963. The first-order chi connectivity index (χ1) is 6.24. The maximum atomic E-state index is 12.4. The van der Waals surface area contributed by atoms with Gasteiger partial charge in [-0.2, -0.15) is 3.89 Å². The van der Waals surface area contributed by atoms with Crippen LogP contribution in [0.15, 0.2) is 0 Å². The van der Waals surface area contributed by atoms with Crippen molar-refractivity contribution in [3.8, 4) is 0 Å². The number of halogens is 1. The lowest BCUT2D eigenvalue weighted by molar-refractivity contribution is -0.119. The molecular weight excluding hydrogens is 189 g/mol. The number of nitrogens with one attached hydrogen (secondary N) is 1. The quantitative estimate of drug-likeness (QED) is 0.706. The van der Waals surface area contributed by atoms with E-state index in [9.17, 15) is 8.68 Å². The van der Waals surface area contributed by atoms with E-state index in [-0.39, 0.29) is 16.6 Å². The van der Waals surface area contributed by atoms with Gasteiger partial charge in [0.25, 0.3) is 0 Å². The van der Waals surface area contributed by atoms with Crippen molar-refractivity contribution in [1.29, 1.82) is 0 Å². The topological polar surface area (TPSA) is 29.1 Å². The van der Waals surface area contributed by atoms with Gasteiger partial charge in [0.05, 0.1) is 0 Å². The smallest absolute Gasteiger partial charge is 0.220 e. The van der Waals surface area contributed by atoms with Gasteiger partial charge in [-0.05, 0) is 24.7 Å². The molecule has 0 aromatic heterocycles. The molecule has 1 heterocycles. The number of carbonyl (C=O) groups excluding carboxylic acids is 1. The van der Waals surface area contributed by atoms with Crippen LogP contribution in [0.4, 0.5) is 3.89 Å². The molecule has 2 nitrogen and oxygen atoms in total. The highest BCUT2D eigenvalue weighted by Gasteiger charge is 2.42. The molecule has 0 aromatic rings. The summed E-state index contributed by atoms with van der Waals surface area (Å²) in [5.41, 5.74) is 0.0963. The van der Waals surface area contributed by atoms with Crippen LogP contribution in [0, 0.1) is 5.41 Å². The van der Waals surface area contributed by atoms with Gasteiger partial charge >= 0.3 is 0 Å². The van der Waals surface area contributed by atoms with E-state index in [2.05, 4.69) is 5.32 Å². The summed E-state index contributed by atoms with van der Waals surface area (Å²) in [4.78, 5) is 11.1. The molecule has 0 bridgehead atoms. The lowest BCUT2D eigenvalue weighted by atomic mass is 9.73. The van der Waals surface area contributed by atoms with E-state index in [1.54, 1.807) is 0 Å². The van der Waals surface area contributed by atoms with Gasteiger partial charge < -0.3 is 5.32 Å². The molecular formula is C9H14FNOS. The molecule has 2 unspecified atom stereocenters. The molecule has 1 saturated carbocycles. The SMILES string of the molecule is O=C1CC2(CCCC(SF)C2)CN1. The maximum absolute atomic E-state index is 12.4. The summed E-state index contributed by atoms with van der Waals surface area (Å²) in [5, 5.41) is 2.98.